The van der Waals surface area contributed by atoms with E-state index in [4.69, 9.17) is 14.3 Å². The number of oxime groups is 1. The molecular formula is C21H26BrN3O4. The maximum Gasteiger partial charge on any atom is 0.267 e. The number of carbonyl (C=O) groups is 1. The van der Waals surface area contributed by atoms with Gasteiger partial charge in [0.05, 0.1) is 19.9 Å². The molecule has 3 rings (SSSR count). The lowest BCUT2D eigenvalue weighted by Gasteiger charge is -2.30. The number of benzene rings is 1. The molecule has 2 heterocycles. The normalized spacial score (nSPS) is 18.7. The Morgan fingerprint density at radius 3 is 2.48 bits per heavy atom. The van der Waals surface area contributed by atoms with Crippen LogP contribution in [-0.2, 0) is 9.63 Å². The van der Waals surface area contributed by atoms with Gasteiger partial charge in [0.2, 0.25) is 5.60 Å². The number of nitrogens with zero attached hydrogens (tertiary/aromatic N) is 2. The van der Waals surface area contributed by atoms with Crippen LogP contribution in [0.15, 0.2) is 28.0 Å². The van der Waals surface area contributed by atoms with Crippen molar-refractivity contribution in [2.45, 2.75) is 45.8 Å². The predicted molar refractivity (Wildman–Crippen MR) is 116 cm³/mol. The lowest BCUT2D eigenvalue weighted by atomic mass is 9.83. The third-order valence-electron chi connectivity index (χ3n) is 5.05. The van der Waals surface area contributed by atoms with Crippen LogP contribution in [0, 0.1) is 5.92 Å². The van der Waals surface area contributed by atoms with Crippen LogP contribution in [0.25, 0.3) is 10.9 Å². The Morgan fingerprint density at radius 1 is 1.21 bits per heavy atom. The topological polar surface area (TPSA) is 82.0 Å². The summed E-state index contributed by atoms with van der Waals surface area (Å²) in [5.41, 5.74) is 0.970. The number of hydrogen-bond acceptors (Lipinski definition) is 6. The van der Waals surface area contributed by atoms with Gasteiger partial charge in [-0.2, -0.15) is 0 Å². The minimum atomic E-state index is -1.07. The largest absolute Gasteiger partial charge is 0.492 e. The third kappa shape index (κ3) is 3.77. The molecule has 1 amide bonds. The van der Waals surface area contributed by atoms with Crippen LogP contribution >= 0.6 is 15.9 Å². The highest BCUT2D eigenvalue weighted by molar-refractivity contribution is 9.10. The van der Waals surface area contributed by atoms with E-state index >= 15 is 0 Å². The Hall–Kier alpha value is -2.35. The Labute approximate surface area is 178 Å². The second kappa shape index (κ2) is 8.18. The molecule has 1 aromatic carbocycles. The van der Waals surface area contributed by atoms with Gasteiger partial charge >= 0.3 is 0 Å². The minimum absolute atomic E-state index is 0.00417. The van der Waals surface area contributed by atoms with Crippen molar-refractivity contribution in [3.63, 3.8) is 0 Å². The molecule has 1 aromatic heterocycles. The van der Waals surface area contributed by atoms with Crippen molar-refractivity contribution < 1.29 is 19.1 Å². The summed E-state index contributed by atoms with van der Waals surface area (Å²) in [4.78, 5) is 23.2. The highest BCUT2D eigenvalue weighted by Crippen LogP contribution is 2.42. The van der Waals surface area contributed by atoms with Crippen molar-refractivity contribution in [2.75, 3.05) is 14.2 Å². The molecule has 1 aliphatic heterocycles. The summed E-state index contributed by atoms with van der Waals surface area (Å²) in [7, 11) is 3.15. The first-order valence-corrected chi connectivity index (χ1v) is 10.3. The van der Waals surface area contributed by atoms with Crippen LogP contribution in [0.2, 0.25) is 0 Å². The fourth-order valence-corrected chi connectivity index (χ4v) is 3.83. The predicted octanol–water partition coefficient (Wildman–Crippen LogP) is 4.06. The standard InChI is InChI=1S/C21H26BrN3O4/c1-11(2)21(20(26)24-12(3)4)9-16(25-29-21)15-8-13-7-14(22)10-23-17(13)19(28-6)18(15)27-5/h7-8,10-12H,9H2,1-6H3,(H,24,26). The number of amides is 1. The average molecular weight is 464 g/mol. The smallest absolute Gasteiger partial charge is 0.267 e. The summed E-state index contributed by atoms with van der Waals surface area (Å²) in [6.07, 6.45) is 2.04. The number of pyridine rings is 1. The van der Waals surface area contributed by atoms with Crippen LogP contribution in [0.5, 0.6) is 11.5 Å². The van der Waals surface area contributed by atoms with Crippen molar-refractivity contribution >= 4 is 38.5 Å². The molecule has 8 heteroatoms. The molecule has 0 saturated heterocycles. The summed E-state index contributed by atoms with van der Waals surface area (Å²) in [5, 5.41) is 8.13. The molecule has 7 nitrogen and oxygen atoms in total. The summed E-state index contributed by atoms with van der Waals surface area (Å²) >= 11 is 3.46. The van der Waals surface area contributed by atoms with E-state index in [2.05, 4.69) is 31.4 Å². The summed E-state index contributed by atoms with van der Waals surface area (Å²) in [6, 6.07) is 3.89. The first kappa shape index (κ1) is 21.4. The highest BCUT2D eigenvalue weighted by Gasteiger charge is 2.50. The summed E-state index contributed by atoms with van der Waals surface area (Å²) < 4.78 is 12.1. The minimum Gasteiger partial charge on any atom is -0.492 e. The van der Waals surface area contributed by atoms with Crippen molar-refractivity contribution in [2.24, 2.45) is 11.1 Å². The first-order chi connectivity index (χ1) is 13.7. The fraction of sp³-hybridized carbons (Fsp3) is 0.476. The molecule has 2 aromatic rings. The number of ether oxygens (including phenoxy) is 2. The zero-order chi connectivity index (χ0) is 21.3. The molecule has 1 N–H and O–H groups in total. The fourth-order valence-electron chi connectivity index (χ4n) is 3.48. The number of nitrogens with one attached hydrogen (secondary N) is 1. The molecule has 0 spiro atoms. The molecule has 0 aliphatic carbocycles. The third-order valence-corrected chi connectivity index (χ3v) is 5.49. The van der Waals surface area contributed by atoms with E-state index in [-0.39, 0.29) is 17.9 Å². The number of halogens is 1. The van der Waals surface area contributed by atoms with E-state index in [1.807, 2.05) is 39.8 Å². The maximum atomic E-state index is 12.9. The van der Waals surface area contributed by atoms with E-state index in [0.29, 0.717) is 29.1 Å². The second-order valence-electron chi connectivity index (χ2n) is 7.69. The number of methoxy groups -OCH3 is 2. The van der Waals surface area contributed by atoms with Crippen LogP contribution in [0.3, 0.4) is 0 Å². The zero-order valence-corrected chi connectivity index (χ0v) is 19.1. The number of rotatable bonds is 6. The van der Waals surface area contributed by atoms with E-state index in [1.54, 1.807) is 20.4 Å². The van der Waals surface area contributed by atoms with Crippen molar-refractivity contribution in [1.82, 2.24) is 10.3 Å². The number of fused-ring (bicyclic) bond motifs is 1. The lowest BCUT2D eigenvalue weighted by Crippen LogP contribution is -2.52. The van der Waals surface area contributed by atoms with E-state index in [9.17, 15) is 4.79 Å². The van der Waals surface area contributed by atoms with Gasteiger partial charge in [0.25, 0.3) is 5.91 Å². The summed E-state index contributed by atoms with van der Waals surface area (Å²) in [5.74, 6) is 0.786. The molecule has 0 bridgehead atoms. The van der Waals surface area contributed by atoms with Gasteiger partial charge in [-0.1, -0.05) is 19.0 Å². The quantitative estimate of drug-likeness (QED) is 0.698. The Kier molecular flexibility index (Phi) is 6.03. The second-order valence-corrected chi connectivity index (χ2v) is 8.61. The maximum absolute atomic E-state index is 12.9. The molecule has 0 fully saturated rings. The van der Waals surface area contributed by atoms with Gasteiger partial charge in [0.1, 0.15) is 5.52 Å². The molecule has 0 radical (unpaired) electrons. The van der Waals surface area contributed by atoms with Crippen LogP contribution in [0.1, 0.15) is 39.7 Å². The van der Waals surface area contributed by atoms with Crippen LogP contribution < -0.4 is 14.8 Å². The van der Waals surface area contributed by atoms with Gasteiger partial charge in [0, 0.05) is 40.0 Å². The Bertz CT molecular complexity index is 974. The first-order valence-electron chi connectivity index (χ1n) is 9.50. The van der Waals surface area contributed by atoms with Gasteiger partial charge in [-0.05, 0) is 41.9 Å². The monoisotopic (exact) mass is 463 g/mol. The molecular weight excluding hydrogens is 438 g/mol. The number of aromatic nitrogens is 1. The van der Waals surface area contributed by atoms with Crippen molar-refractivity contribution in [3.05, 3.63) is 28.4 Å². The molecule has 1 unspecified atom stereocenters. The van der Waals surface area contributed by atoms with Crippen molar-refractivity contribution in [1.29, 1.82) is 0 Å². The zero-order valence-electron chi connectivity index (χ0n) is 17.5. The lowest BCUT2D eigenvalue weighted by molar-refractivity contribution is -0.150. The van der Waals surface area contributed by atoms with Crippen LogP contribution in [0.4, 0.5) is 0 Å². The van der Waals surface area contributed by atoms with E-state index < -0.39 is 5.60 Å². The SMILES string of the molecule is COc1c(C2=NOC(C(=O)NC(C)C)(C(C)C)C2)cc2cc(Br)cnc2c1OC. The van der Waals surface area contributed by atoms with Gasteiger partial charge in [-0.15, -0.1) is 0 Å². The van der Waals surface area contributed by atoms with Gasteiger partial charge in [-0.3, -0.25) is 9.78 Å². The Balaban J connectivity index is 2.10. The molecule has 1 aliphatic rings. The summed E-state index contributed by atoms with van der Waals surface area (Å²) in [6.45, 7) is 7.75. The molecule has 0 saturated carbocycles. The average Bonchev–Trinajstić information content (AvgIpc) is 3.12. The van der Waals surface area contributed by atoms with Gasteiger partial charge in [0.15, 0.2) is 11.5 Å². The highest BCUT2D eigenvalue weighted by atomic mass is 79.9. The van der Waals surface area contributed by atoms with E-state index in [0.717, 1.165) is 15.4 Å². The number of carbonyl (C=O) groups excluding carboxylic acids is 1. The molecule has 29 heavy (non-hydrogen) atoms. The van der Waals surface area contributed by atoms with Crippen molar-refractivity contribution in [3.8, 4) is 11.5 Å². The number of hydrogen-bond donors (Lipinski definition) is 1. The van der Waals surface area contributed by atoms with Crippen LogP contribution in [-0.4, -0.2) is 42.5 Å². The molecule has 156 valence electrons. The van der Waals surface area contributed by atoms with E-state index in [1.165, 1.54) is 0 Å². The van der Waals surface area contributed by atoms with Gasteiger partial charge in [-0.25, -0.2) is 0 Å². The Morgan fingerprint density at radius 2 is 1.90 bits per heavy atom. The van der Waals surface area contributed by atoms with Gasteiger partial charge < -0.3 is 19.6 Å². The molecule has 1 atom stereocenters.